The van der Waals surface area contributed by atoms with E-state index in [-0.39, 0.29) is 5.75 Å². The standard InChI is InChI=1S/C13H9Cl2N3O/c14-8-4-10-11(5-9(8)15)18-13(17-10)7-2-1-6(16)3-12(7)19/h1-5,19H,16H2,(H,17,18). The summed E-state index contributed by atoms with van der Waals surface area (Å²) in [4.78, 5) is 7.46. The molecule has 0 bridgehead atoms. The summed E-state index contributed by atoms with van der Waals surface area (Å²) < 4.78 is 0. The van der Waals surface area contributed by atoms with Crippen LogP contribution in [0.3, 0.4) is 0 Å². The van der Waals surface area contributed by atoms with Gasteiger partial charge in [-0.15, -0.1) is 0 Å². The molecule has 0 saturated carbocycles. The molecule has 6 heteroatoms. The highest BCUT2D eigenvalue weighted by atomic mass is 35.5. The number of H-pyrrole nitrogens is 1. The summed E-state index contributed by atoms with van der Waals surface area (Å²) in [7, 11) is 0. The number of hydrogen-bond acceptors (Lipinski definition) is 3. The summed E-state index contributed by atoms with van der Waals surface area (Å²) in [6.45, 7) is 0. The highest BCUT2D eigenvalue weighted by Gasteiger charge is 2.11. The molecule has 96 valence electrons. The van der Waals surface area contributed by atoms with E-state index in [4.69, 9.17) is 28.9 Å². The number of aromatic amines is 1. The number of anilines is 1. The molecule has 2 aromatic carbocycles. The van der Waals surface area contributed by atoms with Crippen LogP contribution in [0.2, 0.25) is 10.0 Å². The van der Waals surface area contributed by atoms with Gasteiger partial charge < -0.3 is 15.8 Å². The average molecular weight is 294 g/mol. The third-order valence-corrected chi connectivity index (χ3v) is 3.52. The predicted octanol–water partition coefficient (Wildman–Crippen LogP) is 3.82. The van der Waals surface area contributed by atoms with Gasteiger partial charge in [-0.2, -0.15) is 0 Å². The van der Waals surface area contributed by atoms with Gasteiger partial charge in [0.15, 0.2) is 0 Å². The minimum atomic E-state index is 0.0660. The van der Waals surface area contributed by atoms with Crippen LogP contribution < -0.4 is 5.73 Å². The van der Waals surface area contributed by atoms with Gasteiger partial charge in [0.2, 0.25) is 0 Å². The minimum Gasteiger partial charge on any atom is -0.507 e. The molecule has 0 unspecified atom stereocenters. The van der Waals surface area contributed by atoms with Gasteiger partial charge in [-0.25, -0.2) is 4.98 Å². The van der Waals surface area contributed by atoms with Crippen LogP contribution in [0.4, 0.5) is 5.69 Å². The molecular formula is C13H9Cl2N3O. The van der Waals surface area contributed by atoms with E-state index in [1.165, 1.54) is 6.07 Å². The van der Waals surface area contributed by atoms with Crippen molar-refractivity contribution in [3.63, 3.8) is 0 Å². The number of benzene rings is 2. The normalized spacial score (nSPS) is 11.1. The zero-order valence-corrected chi connectivity index (χ0v) is 11.1. The Labute approximate surface area is 118 Å². The molecule has 3 aromatic rings. The van der Waals surface area contributed by atoms with Crippen LogP contribution in [-0.4, -0.2) is 15.1 Å². The Morgan fingerprint density at radius 3 is 2.58 bits per heavy atom. The highest BCUT2D eigenvalue weighted by Crippen LogP contribution is 2.32. The lowest BCUT2D eigenvalue weighted by atomic mass is 10.2. The molecule has 0 radical (unpaired) electrons. The molecule has 0 spiro atoms. The number of phenolic OH excluding ortho intramolecular Hbond substituents is 1. The summed E-state index contributed by atoms with van der Waals surface area (Å²) in [5, 5.41) is 10.8. The number of halogens is 2. The Morgan fingerprint density at radius 2 is 1.84 bits per heavy atom. The minimum absolute atomic E-state index is 0.0660. The Hall–Kier alpha value is -1.91. The maximum Gasteiger partial charge on any atom is 0.142 e. The zero-order chi connectivity index (χ0) is 13.6. The van der Waals surface area contributed by atoms with E-state index in [1.807, 2.05) is 0 Å². The third kappa shape index (κ3) is 2.09. The van der Waals surface area contributed by atoms with E-state index >= 15 is 0 Å². The molecule has 3 rings (SSSR count). The van der Waals surface area contributed by atoms with E-state index in [2.05, 4.69) is 9.97 Å². The van der Waals surface area contributed by atoms with Crippen LogP contribution in [0, 0.1) is 0 Å². The van der Waals surface area contributed by atoms with E-state index in [0.717, 1.165) is 5.52 Å². The van der Waals surface area contributed by atoms with Gasteiger partial charge in [-0.1, -0.05) is 23.2 Å². The number of aromatic nitrogens is 2. The number of rotatable bonds is 1. The van der Waals surface area contributed by atoms with Crippen LogP contribution in [0.5, 0.6) is 5.75 Å². The van der Waals surface area contributed by atoms with Crippen LogP contribution in [-0.2, 0) is 0 Å². The van der Waals surface area contributed by atoms with Crippen LogP contribution >= 0.6 is 23.2 Å². The van der Waals surface area contributed by atoms with E-state index in [1.54, 1.807) is 24.3 Å². The smallest absolute Gasteiger partial charge is 0.142 e. The topological polar surface area (TPSA) is 74.9 Å². The summed E-state index contributed by atoms with van der Waals surface area (Å²) in [5.74, 6) is 0.599. The lowest BCUT2D eigenvalue weighted by molar-refractivity contribution is 0.477. The largest absolute Gasteiger partial charge is 0.507 e. The van der Waals surface area contributed by atoms with Crippen molar-refractivity contribution in [1.29, 1.82) is 0 Å². The van der Waals surface area contributed by atoms with Gasteiger partial charge in [0.1, 0.15) is 11.6 Å². The second-order valence-corrected chi connectivity index (χ2v) is 4.96. The molecule has 0 atom stereocenters. The zero-order valence-electron chi connectivity index (χ0n) is 9.61. The van der Waals surface area contributed by atoms with Gasteiger partial charge in [-0.3, -0.25) is 0 Å². The summed E-state index contributed by atoms with van der Waals surface area (Å²) in [5.41, 5.74) is 8.08. The van der Waals surface area contributed by atoms with Crippen molar-refractivity contribution >= 4 is 39.9 Å². The molecule has 0 aliphatic rings. The van der Waals surface area contributed by atoms with Crippen molar-refractivity contribution in [3.8, 4) is 17.1 Å². The van der Waals surface area contributed by atoms with E-state index < -0.39 is 0 Å². The fraction of sp³-hybridized carbons (Fsp3) is 0. The first-order valence-electron chi connectivity index (χ1n) is 5.48. The third-order valence-electron chi connectivity index (χ3n) is 2.80. The number of aromatic hydroxyl groups is 1. The van der Waals surface area contributed by atoms with Gasteiger partial charge in [0.25, 0.3) is 0 Å². The Balaban J connectivity index is 2.20. The maximum absolute atomic E-state index is 9.89. The van der Waals surface area contributed by atoms with E-state index in [0.29, 0.717) is 32.6 Å². The summed E-state index contributed by atoms with van der Waals surface area (Å²) >= 11 is 11.9. The first-order valence-corrected chi connectivity index (χ1v) is 6.24. The number of nitrogens with one attached hydrogen (secondary N) is 1. The number of imidazole rings is 1. The van der Waals surface area contributed by atoms with Crippen molar-refractivity contribution < 1.29 is 5.11 Å². The Kier molecular flexibility index (Phi) is 2.77. The number of fused-ring (bicyclic) bond motifs is 1. The van der Waals surface area contributed by atoms with Gasteiger partial charge in [-0.05, 0) is 24.3 Å². The Bertz CT molecular complexity index is 744. The molecule has 0 amide bonds. The SMILES string of the molecule is Nc1ccc(-c2nc3cc(Cl)c(Cl)cc3[nH]2)c(O)c1. The lowest BCUT2D eigenvalue weighted by Gasteiger charge is -2.01. The fourth-order valence-corrected chi connectivity index (χ4v) is 2.20. The van der Waals surface area contributed by atoms with Crippen LogP contribution in [0.1, 0.15) is 0 Å². The van der Waals surface area contributed by atoms with Gasteiger partial charge in [0.05, 0.1) is 26.6 Å². The second-order valence-electron chi connectivity index (χ2n) is 4.15. The quantitative estimate of drug-likeness (QED) is 0.597. The second kappa shape index (κ2) is 4.33. The van der Waals surface area contributed by atoms with Crippen molar-refractivity contribution in [1.82, 2.24) is 9.97 Å². The number of hydrogen-bond donors (Lipinski definition) is 3. The molecule has 4 nitrogen and oxygen atoms in total. The molecule has 0 aliphatic heterocycles. The average Bonchev–Trinajstić information content (AvgIpc) is 2.72. The van der Waals surface area contributed by atoms with Crippen molar-refractivity contribution in [2.45, 2.75) is 0 Å². The van der Waals surface area contributed by atoms with Crippen LogP contribution in [0.25, 0.3) is 22.4 Å². The maximum atomic E-state index is 9.89. The van der Waals surface area contributed by atoms with E-state index in [9.17, 15) is 5.11 Å². The summed E-state index contributed by atoms with van der Waals surface area (Å²) in [6.07, 6.45) is 0. The van der Waals surface area contributed by atoms with Crippen molar-refractivity contribution in [3.05, 3.63) is 40.4 Å². The fourth-order valence-electron chi connectivity index (χ4n) is 1.88. The van der Waals surface area contributed by atoms with Crippen LogP contribution in [0.15, 0.2) is 30.3 Å². The molecular weight excluding hydrogens is 285 g/mol. The van der Waals surface area contributed by atoms with Crippen molar-refractivity contribution in [2.24, 2.45) is 0 Å². The molecule has 0 fully saturated rings. The first-order chi connectivity index (χ1) is 9.04. The molecule has 1 aromatic heterocycles. The molecule has 4 N–H and O–H groups in total. The number of nitrogens with zero attached hydrogens (tertiary/aromatic N) is 1. The highest BCUT2D eigenvalue weighted by molar-refractivity contribution is 6.42. The predicted molar refractivity (Wildman–Crippen MR) is 77.6 cm³/mol. The van der Waals surface area contributed by atoms with Gasteiger partial charge in [0, 0.05) is 11.8 Å². The number of phenols is 1. The monoisotopic (exact) mass is 293 g/mol. The Morgan fingerprint density at radius 1 is 1.11 bits per heavy atom. The molecule has 0 aliphatic carbocycles. The molecule has 0 saturated heterocycles. The lowest BCUT2D eigenvalue weighted by Crippen LogP contribution is -1.86. The molecule has 1 heterocycles. The number of nitrogens with two attached hydrogens (primary N) is 1. The summed E-state index contributed by atoms with van der Waals surface area (Å²) in [6, 6.07) is 8.24. The number of nitrogen functional groups attached to an aromatic ring is 1. The molecule has 19 heavy (non-hydrogen) atoms. The van der Waals surface area contributed by atoms with Crippen molar-refractivity contribution in [2.75, 3.05) is 5.73 Å². The van der Waals surface area contributed by atoms with Gasteiger partial charge >= 0.3 is 0 Å². The first kappa shape index (κ1) is 12.1.